The summed E-state index contributed by atoms with van der Waals surface area (Å²) in [6.07, 6.45) is 0. The van der Waals surface area contributed by atoms with Crippen molar-refractivity contribution in [3.63, 3.8) is 0 Å². The molecule has 0 N–H and O–H groups in total. The maximum atomic E-state index is 6.96. The maximum Gasteiger partial charge on any atom is 0.239 e. The molecule has 10 heteroatoms. The number of hydrogen-bond donors (Lipinski definition) is 0. The molecule has 0 aliphatic carbocycles. The normalized spacial score (nSPS) is 12.3. The highest BCUT2D eigenvalue weighted by atomic mass is 28.3. The van der Waals surface area contributed by atoms with Gasteiger partial charge in [0.2, 0.25) is 17.5 Å². The Kier molecular flexibility index (Phi) is 8.19. The van der Waals surface area contributed by atoms with Crippen LogP contribution in [-0.4, -0.2) is 45.9 Å². The molecule has 15 aromatic rings. The Bertz CT molecular complexity index is 4360. The fraction of sp³-hybridized carbons (Fsp3) is 0. The number of nitrogens with zero attached hydrogens (tertiary/aromatic N) is 8. The molecular weight excluding hydrogens is 877 g/mol. The van der Waals surface area contributed by atoms with Crippen LogP contribution in [0.5, 0.6) is 0 Å². The summed E-state index contributed by atoms with van der Waals surface area (Å²) in [5, 5.41) is 7.07. The molecule has 0 atom stereocenters. The lowest BCUT2D eigenvalue weighted by Crippen LogP contribution is -2.74. The van der Waals surface area contributed by atoms with Crippen LogP contribution in [0, 0.1) is 0 Å². The van der Waals surface area contributed by atoms with Gasteiger partial charge in [-0.05, 0) is 75.3 Å². The maximum absolute atomic E-state index is 6.96. The minimum Gasteiger partial charge on any atom is -0.456 e. The van der Waals surface area contributed by atoms with E-state index in [1.807, 2.05) is 18.2 Å². The first-order valence-electron chi connectivity index (χ1n) is 23.5. The molecule has 0 amide bonds. The molecule has 15 rings (SSSR count). The van der Waals surface area contributed by atoms with Gasteiger partial charge in [-0.1, -0.05) is 170 Å². The smallest absolute Gasteiger partial charge is 0.239 e. The lowest BCUT2D eigenvalue weighted by molar-refractivity contribution is 0.671. The SMILES string of the molecule is c1ccc([Si](c2ccccc2)(c2cccc(-c3cc(-n4c5ccccc5n5c6ccccc6nc45)nc(-n4c5ccccc5n5c6ccccc6nc45)n3)c2)c2cccc3c2oc2ccccc23)cc1. The summed E-state index contributed by atoms with van der Waals surface area (Å²) in [6.45, 7) is 0. The van der Waals surface area contributed by atoms with E-state index in [0.29, 0.717) is 11.8 Å². The topological polar surface area (TPSA) is 83.4 Å². The first-order chi connectivity index (χ1) is 34.7. The Morgan fingerprint density at radius 2 is 0.886 bits per heavy atom. The molecule has 0 unspecified atom stereocenters. The predicted molar refractivity (Wildman–Crippen MR) is 285 cm³/mol. The summed E-state index contributed by atoms with van der Waals surface area (Å²) in [4.78, 5) is 21.7. The molecule has 0 radical (unpaired) electrons. The van der Waals surface area contributed by atoms with Gasteiger partial charge in [0.05, 0.1) is 49.8 Å². The number of furan rings is 1. The van der Waals surface area contributed by atoms with Crippen LogP contribution >= 0.6 is 0 Å². The second-order valence-corrected chi connectivity index (χ2v) is 21.6. The molecule has 0 bridgehead atoms. The van der Waals surface area contributed by atoms with Gasteiger partial charge in [0, 0.05) is 22.4 Å². The van der Waals surface area contributed by atoms with Crippen molar-refractivity contribution in [2.75, 3.05) is 0 Å². The van der Waals surface area contributed by atoms with Gasteiger partial charge in [0.1, 0.15) is 17.0 Å². The van der Waals surface area contributed by atoms with Crippen molar-refractivity contribution >= 4 is 106 Å². The summed E-state index contributed by atoms with van der Waals surface area (Å²) in [7, 11) is -3.18. The van der Waals surface area contributed by atoms with Crippen molar-refractivity contribution < 1.29 is 4.42 Å². The third-order valence-corrected chi connectivity index (χ3v) is 18.9. The van der Waals surface area contributed by atoms with Crippen molar-refractivity contribution in [1.29, 1.82) is 0 Å². The molecule has 6 aromatic heterocycles. The second-order valence-electron chi connectivity index (χ2n) is 17.9. The van der Waals surface area contributed by atoms with Gasteiger partial charge < -0.3 is 4.42 Å². The van der Waals surface area contributed by atoms with Gasteiger partial charge in [0.15, 0.2) is 8.07 Å². The van der Waals surface area contributed by atoms with Crippen LogP contribution in [0.15, 0.2) is 235 Å². The standard InChI is InChI=1S/C60H38N8OSi/c1-3-20-40(21-4-1)70(41-22-5-2-6-23-41,55-36-18-26-44-43-25-7-16-35-54(43)69-57(44)55)42-24-17-19-39(37-42)47-38-56(67-52-33-14-12-31-50(52)65-48-29-10-8-27-45(48)62-59(65)67)64-58(61-47)68-53-34-15-13-32-51(53)66-49-30-11-9-28-46(49)63-60(66)68/h1-38H. The Balaban J connectivity index is 1.05. The third-order valence-electron chi connectivity index (χ3n) is 14.2. The Labute approximate surface area is 400 Å². The van der Waals surface area contributed by atoms with E-state index in [4.69, 9.17) is 24.4 Å². The zero-order chi connectivity index (χ0) is 45.9. The average molecular weight is 915 g/mol. The largest absolute Gasteiger partial charge is 0.456 e. The zero-order valence-electron chi connectivity index (χ0n) is 37.4. The molecule has 9 aromatic carbocycles. The highest BCUT2D eigenvalue weighted by Crippen LogP contribution is 2.34. The van der Waals surface area contributed by atoms with Crippen LogP contribution in [0.1, 0.15) is 0 Å². The van der Waals surface area contributed by atoms with Crippen molar-refractivity contribution in [1.82, 2.24) is 37.9 Å². The van der Waals surface area contributed by atoms with Crippen LogP contribution in [0.3, 0.4) is 0 Å². The van der Waals surface area contributed by atoms with Crippen LogP contribution in [0.25, 0.3) is 101 Å². The average Bonchev–Trinajstić information content (AvgIpc) is 4.24. The quantitative estimate of drug-likeness (QED) is 0.117. The predicted octanol–water partition coefficient (Wildman–Crippen LogP) is 10.9. The van der Waals surface area contributed by atoms with Gasteiger partial charge in [-0.3, -0.25) is 13.4 Å². The fourth-order valence-corrected chi connectivity index (χ4v) is 16.1. The molecule has 0 aliphatic heterocycles. The van der Waals surface area contributed by atoms with Crippen LogP contribution in [0.4, 0.5) is 0 Å². The molecule has 0 saturated heterocycles. The summed E-state index contributed by atoms with van der Waals surface area (Å²) in [5.74, 6) is 2.67. The fourth-order valence-electron chi connectivity index (χ4n) is 11.2. The van der Waals surface area contributed by atoms with Crippen LogP contribution in [-0.2, 0) is 0 Å². The van der Waals surface area contributed by atoms with E-state index in [2.05, 4.69) is 230 Å². The summed E-state index contributed by atoms with van der Waals surface area (Å²) in [6, 6.07) is 81.6. The van der Waals surface area contributed by atoms with Crippen LogP contribution < -0.4 is 20.7 Å². The van der Waals surface area contributed by atoms with E-state index < -0.39 is 8.07 Å². The number of hydrogen-bond acceptors (Lipinski definition) is 5. The van der Waals surface area contributed by atoms with E-state index in [1.165, 1.54) is 20.7 Å². The minimum absolute atomic E-state index is 0.494. The second kappa shape index (κ2) is 14.8. The van der Waals surface area contributed by atoms with E-state index >= 15 is 0 Å². The Morgan fingerprint density at radius 1 is 0.371 bits per heavy atom. The van der Waals surface area contributed by atoms with Crippen molar-refractivity contribution in [2.24, 2.45) is 0 Å². The minimum atomic E-state index is -3.18. The first kappa shape index (κ1) is 38.7. The number of imidazole rings is 4. The molecule has 0 saturated carbocycles. The van der Waals surface area contributed by atoms with Crippen molar-refractivity contribution in [2.45, 2.75) is 0 Å². The third kappa shape index (κ3) is 5.41. The van der Waals surface area contributed by atoms with E-state index in [-0.39, 0.29) is 0 Å². The molecule has 9 nitrogen and oxygen atoms in total. The van der Waals surface area contributed by atoms with Gasteiger partial charge in [0.25, 0.3) is 0 Å². The van der Waals surface area contributed by atoms with Gasteiger partial charge >= 0.3 is 0 Å². The summed E-state index contributed by atoms with van der Waals surface area (Å²) < 4.78 is 15.7. The Morgan fingerprint density at radius 3 is 1.56 bits per heavy atom. The van der Waals surface area contributed by atoms with Gasteiger partial charge in [-0.15, -0.1) is 0 Å². The summed E-state index contributed by atoms with van der Waals surface area (Å²) >= 11 is 0. The van der Waals surface area contributed by atoms with Gasteiger partial charge in [-0.2, -0.15) is 4.98 Å². The monoisotopic (exact) mass is 914 g/mol. The Hall–Kier alpha value is -9.38. The molecule has 0 spiro atoms. The number of fused-ring (bicyclic) bond motifs is 13. The van der Waals surface area contributed by atoms with Crippen molar-refractivity contribution in [3.05, 3.63) is 231 Å². The van der Waals surface area contributed by atoms with E-state index in [0.717, 1.165) is 88.9 Å². The molecule has 70 heavy (non-hydrogen) atoms. The molecular formula is C60H38N8OSi. The number of rotatable bonds is 7. The molecule has 328 valence electrons. The lowest BCUT2D eigenvalue weighted by atomic mass is 10.1. The molecule has 0 fully saturated rings. The number of benzene rings is 9. The van der Waals surface area contributed by atoms with E-state index in [9.17, 15) is 0 Å². The zero-order valence-corrected chi connectivity index (χ0v) is 38.4. The lowest BCUT2D eigenvalue weighted by Gasteiger charge is -2.34. The van der Waals surface area contributed by atoms with Crippen LogP contribution in [0.2, 0.25) is 0 Å². The number of aromatic nitrogens is 8. The van der Waals surface area contributed by atoms with Gasteiger partial charge in [-0.25, -0.2) is 19.5 Å². The molecule has 6 heterocycles. The highest BCUT2D eigenvalue weighted by molar-refractivity contribution is 7.20. The van der Waals surface area contributed by atoms with Crippen molar-refractivity contribution in [3.8, 4) is 23.0 Å². The first-order valence-corrected chi connectivity index (χ1v) is 25.5. The highest BCUT2D eigenvalue weighted by Gasteiger charge is 2.44. The number of para-hydroxylation sites is 10. The summed E-state index contributed by atoms with van der Waals surface area (Å²) in [5.41, 5.74) is 11.3. The van der Waals surface area contributed by atoms with E-state index in [1.54, 1.807) is 0 Å². The molecule has 0 aliphatic rings.